The van der Waals surface area contributed by atoms with Gasteiger partial charge in [0.1, 0.15) is 5.82 Å². The topological polar surface area (TPSA) is 44.0 Å². The highest BCUT2D eigenvalue weighted by atomic mass is 35.5. The number of aryl methyl sites for hydroxylation is 1. The molecule has 0 aromatic carbocycles. The standard InChI is InChI=1S/C16H27ClN4/c1-2-3-7-15-19-13(16(17)20-15)11-18-12-8-10-21-9-5-4-6-14(12)21/h12,14,18H,2-11H2,1H3,(H,19,20). The molecule has 2 aliphatic heterocycles. The number of nitrogens with zero attached hydrogens (tertiary/aromatic N) is 2. The highest BCUT2D eigenvalue weighted by molar-refractivity contribution is 6.30. The van der Waals surface area contributed by atoms with Crippen molar-refractivity contribution in [3.8, 4) is 0 Å². The van der Waals surface area contributed by atoms with Crippen LogP contribution in [-0.4, -0.2) is 40.0 Å². The van der Waals surface area contributed by atoms with Crippen molar-refractivity contribution in [3.63, 3.8) is 0 Å². The zero-order valence-corrected chi connectivity index (χ0v) is 13.8. The second kappa shape index (κ2) is 7.12. The van der Waals surface area contributed by atoms with E-state index < -0.39 is 0 Å². The minimum atomic E-state index is 0.615. The largest absolute Gasteiger partial charge is 0.344 e. The number of piperidine rings is 1. The van der Waals surface area contributed by atoms with Crippen LogP contribution in [0.1, 0.15) is 57.0 Å². The Morgan fingerprint density at radius 1 is 1.33 bits per heavy atom. The molecule has 0 radical (unpaired) electrons. The summed E-state index contributed by atoms with van der Waals surface area (Å²) in [5.41, 5.74) is 1.05. The minimum absolute atomic E-state index is 0.615. The maximum absolute atomic E-state index is 6.25. The van der Waals surface area contributed by atoms with Crippen molar-refractivity contribution in [2.45, 2.75) is 70.5 Å². The van der Waals surface area contributed by atoms with Crippen LogP contribution in [0.15, 0.2) is 0 Å². The molecule has 1 aromatic heterocycles. The van der Waals surface area contributed by atoms with Crippen LogP contribution in [0.25, 0.3) is 0 Å². The van der Waals surface area contributed by atoms with Gasteiger partial charge in [0.15, 0.2) is 5.15 Å². The minimum Gasteiger partial charge on any atom is -0.344 e. The molecule has 0 aliphatic carbocycles. The molecule has 1 aromatic rings. The summed E-state index contributed by atoms with van der Waals surface area (Å²) in [6.45, 7) is 5.55. The maximum Gasteiger partial charge on any atom is 0.151 e. The van der Waals surface area contributed by atoms with Gasteiger partial charge in [-0.3, -0.25) is 4.90 Å². The smallest absolute Gasteiger partial charge is 0.151 e. The van der Waals surface area contributed by atoms with Crippen LogP contribution in [-0.2, 0) is 13.0 Å². The lowest BCUT2D eigenvalue weighted by Gasteiger charge is -2.32. The monoisotopic (exact) mass is 310 g/mol. The number of rotatable bonds is 6. The van der Waals surface area contributed by atoms with Crippen molar-refractivity contribution in [2.24, 2.45) is 0 Å². The van der Waals surface area contributed by atoms with Gasteiger partial charge in [-0.15, -0.1) is 0 Å². The molecule has 118 valence electrons. The Balaban J connectivity index is 1.54. The summed E-state index contributed by atoms with van der Waals surface area (Å²) in [6.07, 6.45) is 8.70. The van der Waals surface area contributed by atoms with Crippen molar-refractivity contribution >= 4 is 11.6 Å². The number of hydrogen-bond donors (Lipinski definition) is 2. The predicted molar refractivity (Wildman–Crippen MR) is 86.7 cm³/mol. The Hall–Kier alpha value is -0.580. The number of fused-ring (bicyclic) bond motifs is 1. The molecular weight excluding hydrogens is 284 g/mol. The predicted octanol–water partition coefficient (Wildman–Crippen LogP) is 3.12. The number of halogens is 1. The first kappa shape index (κ1) is 15.3. The number of aromatic amines is 1. The summed E-state index contributed by atoms with van der Waals surface area (Å²) in [6, 6.07) is 1.35. The molecule has 2 N–H and O–H groups in total. The van der Waals surface area contributed by atoms with E-state index in [1.165, 1.54) is 45.2 Å². The summed E-state index contributed by atoms with van der Waals surface area (Å²) in [5.74, 6) is 1.03. The van der Waals surface area contributed by atoms with Crippen LogP contribution in [0, 0.1) is 0 Å². The first-order valence-electron chi connectivity index (χ1n) is 8.48. The molecule has 2 unspecified atom stereocenters. The lowest BCUT2D eigenvalue weighted by Crippen LogP contribution is -2.44. The van der Waals surface area contributed by atoms with Crippen LogP contribution < -0.4 is 5.32 Å². The van der Waals surface area contributed by atoms with Gasteiger partial charge in [-0.05, 0) is 32.2 Å². The Kier molecular flexibility index (Phi) is 5.19. The Labute approximate surface area is 132 Å². The Bertz CT molecular complexity index is 459. The van der Waals surface area contributed by atoms with Crippen LogP contribution in [0.4, 0.5) is 0 Å². The third-order valence-electron chi connectivity index (χ3n) is 4.94. The number of aromatic nitrogens is 2. The lowest BCUT2D eigenvalue weighted by molar-refractivity contribution is 0.180. The molecule has 0 bridgehead atoms. The number of imidazole rings is 1. The van der Waals surface area contributed by atoms with E-state index in [-0.39, 0.29) is 0 Å². The molecule has 3 heterocycles. The molecule has 0 spiro atoms. The van der Waals surface area contributed by atoms with Crippen molar-refractivity contribution in [2.75, 3.05) is 13.1 Å². The number of unbranched alkanes of at least 4 members (excludes halogenated alkanes) is 1. The molecule has 2 aliphatic rings. The van der Waals surface area contributed by atoms with Crippen LogP contribution in [0.5, 0.6) is 0 Å². The SMILES string of the molecule is CCCCc1nc(Cl)c(CNC2CCN3CCCCC23)[nH]1. The molecular formula is C16H27ClN4. The summed E-state index contributed by atoms with van der Waals surface area (Å²) >= 11 is 6.25. The highest BCUT2D eigenvalue weighted by Crippen LogP contribution is 2.27. The van der Waals surface area contributed by atoms with Gasteiger partial charge in [0.25, 0.3) is 0 Å². The summed E-state index contributed by atoms with van der Waals surface area (Å²) in [7, 11) is 0. The normalized spacial score (nSPS) is 26.2. The molecule has 21 heavy (non-hydrogen) atoms. The van der Waals surface area contributed by atoms with Gasteiger partial charge in [0.05, 0.1) is 5.69 Å². The second-order valence-electron chi connectivity index (χ2n) is 6.43. The van der Waals surface area contributed by atoms with Crippen molar-refractivity contribution < 1.29 is 0 Å². The fraction of sp³-hybridized carbons (Fsp3) is 0.812. The average molecular weight is 311 g/mol. The third-order valence-corrected chi connectivity index (χ3v) is 5.25. The molecule has 0 saturated carbocycles. The maximum atomic E-state index is 6.25. The van der Waals surface area contributed by atoms with E-state index in [0.29, 0.717) is 11.2 Å². The van der Waals surface area contributed by atoms with Crippen LogP contribution >= 0.6 is 11.6 Å². The highest BCUT2D eigenvalue weighted by Gasteiger charge is 2.35. The molecule has 2 saturated heterocycles. The van der Waals surface area contributed by atoms with E-state index in [4.69, 9.17) is 11.6 Å². The van der Waals surface area contributed by atoms with E-state index in [1.54, 1.807) is 0 Å². The van der Waals surface area contributed by atoms with E-state index >= 15 is 0 Å². The summed E-state index contributed by atoms with van der Waals surface area (Å²) < 4.78 is 0. The molecule has 4 nitrogen and oxygen atoms in total. The number of hydrogen-bond acceptors (Lipinski definition) is 3. The van der Waals surface area contributed by atoms with E-state index in [0.717, 1.165) is 36.9 Å². The van der Waals surface area contributed by atoms with E-state index in [1.807, 2.05) is 0 Å². The average Bonchev–Trinajstić information content (AvgIpc) is 3.06. The van der Waals surface area contributed by atoms with Crippen molar-refractivity contribution in [1.82, 2.24) is 20.2 Å². The van der Waals surface area contributed by atoms with Crippen LogP contribution in [0.2, 0.25) is 5.15 Å². The first-order valence-corrected chi connectivity index (χ1v) is 8.86. The molecule has 5 heteroatoms. The number of H-pyrrole nitrogens is 1. The molecule has 2 fully saturated rings. The molecule has 3 rings (SSSR count). The fourth-order valence-corrected chi connectivity index (χ4v) is 3.95. The van der Waals surface area contributed by atoms with Gasteiger partial charge in [-0.2, -0.15) is 0 Å². The van der Waals surface area contributed by atoms with Gasteiger partial charge in [0, 0.05) is 31.6 Å². The van der Waals surface area contributed by atoms with Gasteiger partial charge < -0.3 is 10.3 Å². The number of nitrogens with one attached hydrogen (secondary N) is 2. The van der Waals surface area contributed by atoms with Crippen LogP contribution in [0.3, 0.4) is 0 Å². The summed E-state index contributed by atoms with van der Waals surface area (Å²) in [4.78, 5) is 10.5. The first-order chi connectivity index (χ1) is 10.3. The molecule has 0 amide bonds. The van der Waals surface area contributed by atoms with Gasteiger partial charge in [-0.1, -0.05) is 31.4 Å². The fourth-order valence-electron chi connectivity index (χ4n) is 3.74. The van der Waals surface area contributed by atoms with Gasteiger partial charge in [-0.25, -0.2) is 4.98 Å². The Morgan fingerprint density at radius 2 is 2.24 bits per heavy atom. The second-order valence-corrected chi connectivity index (χ2v) is 6.79. The third kappa shape index (κ3) is 3.61. The summed E-state index contributed by atoms with van der Waals surface area (Å²) in [5, 5.41) is 4.36. The van der Waals surface area contributed by atoms with E-state index in [9.17, 15) is 0 Å². The zero-order chi connectivity index (χ0) is 14.7. The van der Waals surface area contributed by atoms with E-state index in [2.05, 4.69) is 27.1 Å². The van der Waals surface area contributed by atoms with Crippen molar-refractivity contribution in [1.29, 1.82) is 0 Å². The molecule has 2 atom stereocenters. The Morgan fingerprint density at radius 3 is 3.10 bits per heavy atom. The van der Waals surface area contributed by atoms with Crippen molar-refractivity contribution in [3.05, 3.63) is 16.7 Å². The van der Waals surface area contributed by atoms with Gasteiger partial charge in [0.2, 0.25) is 0 Å². The lowest BCUT2D eigenvalue weighted by atomic mass is 9.99. The van der Waals surface area contributed by atoms with Gasteiger partial charge >= 0.3 is 0 Å². The quantitative estimate of drug-likeness (QED) is 0.848. The zero-order valence-electron chi connectivity index (χ0n) is 13.0.